The molecule has 120 valence electrons. The van der Waals surface area contributed by atoms with Crippen molar-refractivity contribution in [1.29, 1.82) is 0 Å². The minimum Gasteiger partial charge on any atom is -0.490 e. The summed E-state index contributed by atoms with van der Waals surface area (Å²) in [5.41, 5.74) is 6.97. The molecule has 1 rings (SSSR count). The minimum absolute atomic E-state index is 0.470. The Balaban J connectivity index is 2.91. The molecular formula is C18H31NO2. The van der Waals surface area contributed by atoms with Gasteiger partial charge >= 0.3 is 0 Å². The first-order valence-corrected chi connectivity index (χ1v) is 8.23. The zero-order valence-electron chi connectivity index (χ0n) is 14.0. The Morgan fingerprint density at radius 3 is 2.19 bits per heavy atom. The van der Waals surface area contributed by atoms with Gasteiger partial charge in [-0.25, -0.2) is 0 Å². The average Bonchev–Trinajstić information content (AvgIpc) is 2.50. The molecule has 3 heteroatoms. The summed E-state index contributed by atoms with van der Waals surface area (Å²) in [6.45, 7) is 10.9. The van der Waals surface area contributed by atoms with E-state index in [9.17, 15) is 0 Å². The standard InChI is InChI=1S/C18H31NO2/c1-5-11-20-17-8-7-16(13-18(17)21-12-6-2)15(4)14(3)9-10-19/h7-8,13-15H,5-6,9-12,19H2,1-4H3. The molecule has 2 N–H and O–H groups in total. The Bertz CT molecular complexity index is 406. The lowest BCUT2D eigenvalue weighted by molar-refractivity contribution is 0.267. The van der Waals surface area contributed by atoms with Gasteiger partial charge < -0.3 is 15.2 Å². The van der Waals surface area contributed by atoms with Gasteiger partial charge in [0.15, 0.2) is 11.5 Å². The Morgan fingerprint density at radius 2 is 1.62 bits per heavy atom. The molecule has 2 atom stereocenters. The first-order valence-electron chi connectivity index (χ1n) is 8.23. The predicted octanol–water partition coefficient (Wildman–Crippen LogP) is 4.35. The van der Waals surface area contributed by atoms with Crippen molar-refractivity contribution in [1.82, 2.24) is 0 Å². The van der Waals surface area contributed by atoms with Gasteiger partial charge in [-0.3, -0.25) is 0 Å². The number of rotatable bonds is 10. The van der Waals surface area contributed by atoms with Gasteiger partial charge in [-0.15, -0.1) is 0 Å². The van der Waals surface area contributed by atoms with E-state index < -0.39 is 0 Å². The lowest BCUT2D eigenvalue weighted by Gasteiger charge is -2.21. The van der Waals surface area contributed by atoms with Crippen molar-refractivity contribution in [3.8, 4) is 11.5 Å². The predicted molar refractivity (Wildman–Crippen MR) is 89.3 cm³/mol. The van der Waals surface area contributed by atoms with Gasteiger partial charge in [0.05, 0.1) is 13.2 Å². The first kappa shape index (κ1) is 17.8. The van der Waals surface area contributed by atoms with Gasteiger partial charge in [-0.2, -0.15) is 0 Å². The van der Waals surface area contributed by atoms with Crippen LogP contribution in [0.25, 0.3) is 0 Å². The van der Waals surface area contributed by atoms with Crippen LogP contribution < -0.4 is 15.2 Å². The van der Waals surface area contributed by atoms with Gasteiger partial charge in [-0.05, 0) is 55.3 Å². The van der Waals surface area contributed by atoms with Crippen molar-refractivity contribution < 1.29 is 9.47 Å². The van der Waals surface area contributed by atoms with E-state index >= 15 is 0 Å². The molecule has 21 heavy (non-hydrogen) atoms. The van der Waals surface area contributed by atoms with Crippen LogP contribution in [0, 0.1) is 5.92 Å². The fourth-order valence-electron chi connectivity index (χ4n) is 2.31. The summed E-state index contributed by atoms with van der Waals surface area (Å²) in [7, 11) is 0. The van der Waals surface area contributed by atoms with Crippen molar-refractivity contribution >= 4 is 0 Å². The van der Waals surface area contributed by atoms with E-state index in [1.54, 1.807) is 0 Å². The second-order valence-corrected chi connectivity index (χ2v) is 5.75. The number of ether oxygens (including phenoxy) is 2. The van der Waals surface area contributed by atoms with Crippen molar-refractivity contribution in [2.75, 3.05) is 19.8 Å². The molecule has 0 radical (unpaired) electrons. The molecule has 0 aliphatic heterocycles. The quantitative estimate of drug-likeness (QED) is 0.697. The van der Waals surface area contributed by atoms with Crippen LogP contribution in [0.2, 0.25) is 0 Å². The third kappa shape index (κ3) is 5.58. The second-order valence-electron chi connectivity index (χ2n) is 5.75. The summed E-state index contributed by atoms with van der Waals surface area (Å²) in [5, 5.41) is 0. The Hall–Kier alpha value is -1.22. The SMILES string of the molecule is CCCOc1ccc(C(C)C(C)CCN)cc1OCCC. The molecule has 0 bridgehead atoms. The maximum atomic E-state index is 5.86. The highest BCUT2D eigenvalue weighted by molar-refractivity contribution is 5.44. The largest absolute Gasteiger partial charge is 0.490 e. The van der Waals surface area contributed by atoms with Crippen LogP contribution in [-0.2, 0) is 0 Å². The number of benzene rings is 1. The molecule has 2 unspecified atom stereocenters. The van der Waals surface area contributed by atoms with Crippen molar-refractivity contribution in [3.05, 3.63) is 23.8 Å². The van der Waals surface area contributed by atoms with E-state index in [-0.39, 0.29) is 0 Å². The lowest BCUT2D eigenvalue weighted by Crippen LogP contribution is -2.12. The molecule has 0 aliphatic rings. The van der Waals surface area contributed by atoms with Crippen LogP contribution in [-0.4, -0.2) is 19.8 Å². The topological polar surface area (TPSA) is 44.5 Å². The fraction of sp³-hybridized carbons (Fsp3) is 0.667. The lowest BCUT2D eigenvalue weighted by atomic mass is 9.86. The minimum atomic E-state index is 0.470. The molecule has 0 amide bonds. The highest BCUT2D eigenvalue weighted by Gasteiger charge is 2.16. The maximum Gasteiger partial charge on any atom is 0.161 e. The van der Waals surface area contributed by atoms with Crippen LogP contribution in [0.5, 0.6) is 11.5 Å². The summed E-state index contributed by atoms with van der Waals surface area (Å²) < 4.78 is 11.6. The van der Waals surface area contributed by atoms with Crippen molar-refractivity contribution in [2.45, 2.75) is 52.9 Å². The van der Waals surface area contributed by atoms with E-state index in [4.69, 9.17) is 15.2 Å². The molecule has 1 aromatic rings. The van der Waals surface area contributed by atoms with Crippen LogP contribution in [0.1, 0.15) is 58.4 Å². The van der Waals surface area contributed by atoms with E-state index in [0.717, 1.165) is 50.5 Å². The molecule has 0 saturated carbocycles. The number of hydrogen-bond donors (Lipinski definition) is 1. The molecule has 3 nitrogen and oxygen atoms in total. The van der Waals surface area contributed by atoms with E-state index in [1.165, 1.54) is 5.56 Å². The van der Waals surface area contributed by atoms with Crippen LogP contribution >= 0.6 is 0 Å². The molecule has 1 aromatic carbocycles. The Labute approximate surface area is 129 Å². The van der Waals surface area contributed by atoms with Crippen molar-refractivity contribution in [2.24, 2.45) is 11.7 Å². The third-order valence-corrected chi connectivity index (χ3v) is 3.89. The van der Waals surface area contributed by atoms with Crippen molar-refractivity contribution in [3.63, 3.8) is 0 Å². The third-order valence-electron chi connectivity index (χ3n) is 3.89. The highest BCUT2D eigenvalue weighted by Crippen LogP contribution is 2.34. The second kappa shape index (κ2) is 9.67. The van der Waals surface area contributed by atoms with E-state index in [0.29, 0.717) is 11.8 Å². The molecule has 0 aliphatic carbocycles. The summed E-state index contributed by atoms with van der Waals surface area (Å²) in [4.78, 5) is 0. The normalized spacial score (nSPS) is 13.8. The molecule has 0 saturated heterocycles. The summed E-state index contributed by atoms with van der Waals surface area (Å²) in [6, 6.07) is 6.33. The number of nitrogens with two attached hydrogens (primary N) is 1. The van der Waals surface area contributed by atoms with Gasteiger partial charge in [0.2, 0.25) is 0 Å². The average molecular weight is 293 g/mol. The molecule has 0 heterocycles. The Kier molecular flexibility index (Phi) is 8.21. The van der Waals surface area contributed by atoms with Gasteiger partial charge in [0, 0.05) is 0 Å². The van der Waals surface area contributed by atoms with Gasteiger partial charge in [-0.1, -0.05) is 33.8 Å². The van der Waals surface area contributed by atoms with Crippen LogP contribution in [0.3, 0.4) is 0 Å². The zero-order valence-corrected chi connectivity index (χ0v) is 14.0. The Morgan fingerprint density at radius 1 is 1.00 bits per heavy atom. The summed E-state index contributed by atoms with van der Waals surface area (Å²) in [6.07, 6.45) is 3.04. The zero-order chi connectivity index (χ0) is 15.7. The maximum absolute atomic E-state index is 5.86. The molecule has 0 aromatic heterocycles. The monoisotopic (exact) mass is 293 g/mol. The van der Waals surface area contributed by atoms with Crippen LogP contribution in [0.15, 0.2) is 18.2 Å². The number of hydrogen-bond acceptors (Lipinski definition) is 3. The summed E-state index contributed by atoms with van der Waals surface area (Å²) in [5.74, 6) is 2.76. The fourth-order valence-corrected chi connectivity index (χ4v) is 2.31. The van der Waals surface area contributed by atoms with Crippen LogP contribution in [0.4, 0.5) is 0 Å². The van der Waals surface area contributed by atoms with Gasteiger partial charge in [0.1, 0.15) is 0 Å². The van der Waals surface area contributed by atoms with E-state index in [1.807, 2.05) is 6.07 Å². The molecular weight excluding hydrogens is 262 g/mol. The molecule has 0 fully saturated rings. The highest BCUT2D eigenvalue weighted by atomic mass is 16.5. The van der Waals surface area contributed by atoms with E-state index in [2.05, 4.69) is 39.8 Å². The first-order chi connectivity index (χ1) is 10.1. The molecule has 0 spiro atoms. The van der Waals surface area contributed by atoms with Gasteiger partial charge in [0.25, 0.3) is 0 Å². The smallest absolute Gasteiger partial charge is 0.161 e. The summed E-state index contributed by atoms with van der Waals surface area (Å²) >= 11 is 0.